The average molecular weight is 499 g/mol. The fourth-order valence-electron chi connectivity index (χ4n) is 5.85. The summed E-state index contributed by atoms with van der Waals surface area (Å²) < 4.78 is 1.63. The molecule has 9 heteroatoms. The second kappa shape index (κ2) is 8.76. The number of carbonyl (C=O) groups excluding carboxylic acids is 2. The number of likely N-dealkylation sites (tertiary alicyclic amines) is 2. The number of rotatable bonds is 2. The number of urea groups is 1. The third-order valence-electron chi connectivity index (χ3n) is 8.07. The first-order valence-corrected chi connectivity index (χ1v) is 12.7. The number of aromatic nitrogens is 3. The number of piperidine rings is 1. The molecule has 190 valence electrons. The highest BCUT2D eigenvalue weighted by Crippen LogP contribution is 2.41. The number of hydrogen-bond acceptors (Lipinski definition) is 4. The van der Waals surface area contributed by atoms with Crippen molar-refractivity contribution in [1.29, 1.82) is 0 Å². The lowest BCUT2D eigenvalue weighted by Crippen LogP contribution is -2.46. The van der Waals surface area contributed by atoms with Gasteiger partial charge in [-0.3, -0.25) is 9.59 Å². The van der Waals surface area contributed by atoms with Gasteiger partial charge in [-0.25, -0.2) is 9.31 Å². The number of carbonyl (C=O) groups is 2. The molecule has 4 aromatic rings. The second-order valence-electron chi connectivity index (χ2n) is 10.5. The van der Waals surface area contributed by atoms with E-state index in [-0.39, 0.29) is 22.9 Å². The van der Waals surface area contributed by atoms with E-state index in [9.17, 15) is 14.4 Å². The van der Waals surface area contributed by atoms with E-state index < -0.39 is 0 Å². The molecule has 0 aliphatic carbocycles. The van der Waals surface area contributed by atoms with Gasteiger partial charge >= 0.3 is 6.03 Å². The van der Waals surface area contributed by atoms with Gasteiger partial charge in [0.2, 0.25) is 0 Å². The topological polar surface area (TPSA) is 103 Å². The van der Waals surface area contributed by atoms with Crippen LogP contribution in [0.25, 0.3) is 16.6 Å². The Morgan fingerprint density at radius 2 is 1.73 bits per heavy atom. The van der Waals surface area contributed by atoms with Gasteiger partial charge in [0.05, 0.1) is 17.1 Å². The first kappa shape index (κ1) is 23.3. The average Bonchev–Trinajstić information content (AvgIpc) is 3.51. The Balaban J connectivity index is 1.14. The van der Waals surface area contributed by atoms with Crippen molar-refractivity contribution in [2.24, 2.45) is 5.41 Å². The molecule has 9 nitrogen and oxygen atoms in total. The van der Waals surface area contributed by atoms with Crippen LogP contribution >= 0.6 is 0 Å². The molecular formula is C28H30N6O3. The number of fused-ring (bicyclic) bond motifs is 3. The van der Waals surface area contributed by atoms with E-state index >= 15 is 0 Å². The maximum atomic E-state index is 13.5. The van der Waals surface area contributed by atoms with Crippen molar-refractivity contribution in [2.75, 3.05) is 31.5 Å². The van der Waals surface area contributed by atoms with Gasteiger partial charge in [0.1, 0.15) is 11.2 Å². The van der Waals surface area contributed by atoms with Crippen molar-refractivity contribution in [3.05, 3.63) is 75.7 Å². The number of benzene rings is 2. The van der Waals surface area contributed by atoms with E-state index in [0.717, 1.165) is 30.5 Å². The molecule has 0 saturated carbocycles. The molecule has 0 atom stereocenters. The Hall–Kier alpha value is -4.14. The lowest BCUT2D eigenvalue weighted by Gasteiger charge is -2.39. The maximum absolute atomic E-state index is 13.5. The standard InChI is InChI=1S/C28H30N6O3/c1-18-7-8-22(19(2)15-18)30-27(37)32-12-9-28(10-13-32)11-14-33(17-28)26(36)21-16-29-34-23-6-4-3-5-20(23)25(35)31-24(21)34/h3-8,15-16H,9-14,17H2,1-2H3,(H,30,37)(H,31,35). The van der Waals surface area contributed by atoms with Gasteiger partial charge in [0.25, 0.3) is 11.5 Å². The summed E-state index contributed by atoms with van der Waals surface area (Å²) in [5.74, 6) is -0.118. The highest BCUT2D eigenvalue weighted by Gasteiger charge is 2.43. The van der Waals surface area contributed by atoms with Crippen molar-refractivity contribution in [2.45, 2.75) is 33.1 Å². The monoisotopic (exact) mass is 498 g/mol. The summed E-state index contributed by atoms with van der Waals surface area (Å²) in [7, 11) is 0. The minimum absolute atomic E-state index is 0.00922. The minimum Gasteiger partial charge on any atom is -0.338 e. The zero-order chi connectivity index (χ0) is 25.7. The number of amides is 3. The number of hydrogen-bond donors (Lipinski definition) is 2. The van der Waals surface area contributed by atoms with E-state index in [0.29, 0.717) is 48.3 Å². The fraction of sp³-hybridized carbons (Fsp3) is 0.357. The predicted octanol–water partition coefficient (Wildman–Crippen LogP) is 3.95. The van der Waals surface area contributed by atoms with E-state index in [4.69, 9.17) is 0 Å². The first-order valence-electron chi connectivity index (χ1n) is 12.7. The molecule has 2 aromatic carbocycles. The third-order valence-corrected chi connectivity index (χ3v) is 8.07. The van der Waals surface area contributed by atoms with Crippen LogP contribution in [-0.4, -0.2) is 62.5 Å². The summed E-state index contributed by atoms with van der Waals surface area (Å²) in [5, 5.41) is 7.99. The normalized spacial score (nSPS) is 17.1. The summed E-state index contributed by atoms with van der Waals surface area (Å²) >= 11 is 0. The Morgan fingerprint density at radius 1 is 1.00 bits per heavy atom. The van der Waals surface area contributed by atoms with Gasteiger partial charge in [-0.05, 0) is 62.3 Å². The molecule has 2 aliphatic heterocycles. The van der Waals surface area contributed by atoms with Crippen molar-refractivity contribution >= 4 is 34.2 Å². The van der Waals surface area contributed by atoms with Gasteiger partial charge in [0.15, 0.2) is 0 Å². The molecule has 0 radical (unpaired) electrons. The molecule has 6 rings (SSSR count). The van der Waals surface area contributed by atoms with Crippen LogP contribution in [0.5, 0.6) is 0 Å². The number of nitrogens with zero attached hydrogens (tertiary/aromatic N) is 4. The molecule has 0 bridgehead atoms. The van der Waals surface area contributed by atoms with Crippen LogP contribution in [-0.2, 0) is 0 Å². The van der Waals surface area contributed by atoms with Gasteiger partial charge in [-0.15, -0.1) is 0 Å². The summed E-state index contributed by atoms with van der Waals surface area (Å²) in [6, 6.07) is 13.2. The van der Waals surface area contributed by atoms with Gasteiger partial charge in [-0.2, -0.15) is 5.10 Å². The number of para-hydroxylation sites is 1. The number of aryl methyl sites for hydroxylation is 2. The molecule has 2 N–H and O–H groups in total. The summed E-state index contributed by atoms with van der Waals surface area (Å²) in [5.41, 5.74) is 4.33. The Morgan fingerprint density at radius 3 is 2.49 bits per heavy atom. The number of nitrogens with one attached hydrogen (secondary N) is 2. The van der Waals surface area contributed by atoms with Crippen LogP contribution in [0, 0.1) is 19.3 Å². The summed E-state index contributed by atoms with van der Waals surface area (Å²) in [4.78, 5) is 45.6. The second-order valence-corrected chi connectivity index (χ2v) is 10.5. The molecule has 2 fully saturated rings. The molecule has 0 unspecified atom stereocenters. The Labute approximate surface area is 214 Å². The molecule has 2 aromatic heterocycles. The van der Waals surface area contributed by atoms with E-state index in [2.05, 4.69) is 21.5 Å². The van der Waals surface area contributed by atoms with Crippen molar-refractivity contribution in [3.8, 4) is 0 Å². The largest absolute Gasteiger partial charge is 0.338 e. The molecule has 3 amide bonds. The molecule has 2 aliphatic rings. The predicted molar refractivity (Wildman–Crippen MR) is 142 cm³/mol. The molecule has 37 heavy (non-hydrogen) atoms. The molecular weight excluding hydrogens is 468 g/mol. The van der Waals surface area contributed by atoms with Crippen LogP contribution in [0.3, 0.4) is 0 Å². The SMILES string of the molecule is Cc1ccc(NC(=O)N2CCC3(CC2)CCN(C(=O)c2cnn4c2[nH]c(=O)c2ccccc24)C3)c(C)c1. The first-order chi connectivity index (χ1) is 17.8. The molecule has 2 saturated heterocycles. The van der Waals surface area contributed by atoms with Gasteiger partial charge in [0, 0.05) is 31.9 Å². The Bertz CT molecular complexity index is 1590. The number of H-pyrrole nitrogens is 1. The highest BCUT2D eigenvalue weighted by molar-refractivity contribution is 6.00. The molecule has 4 heterocycles. The highest BCUT2D eigenvalue weighted by atomic mass is 16.2. The van der Waals surface area contributed by atoms with Crippen LogP contribution in [0.15, 0.2) is 53.5 Å². The van der Waals surface area contributed by atoms with E-state index in [1.54, 1.807) is 22.8 Å². The van der Waals surface area contributed by atoms with Crippen LogP contribution in [0.4, 0.5) is 10.5 Å². The Kier molecular flexibility index (Phi) is 5.51. The van der Waals surface area contributed by atoms with Crippen LogP contribution < -0.4 is 10.9 Å². The van der Waals surface area contributed by atoms with Crippen molar-refractivity contribution < 1.29 is 9.59 Å². The smallest absolute Gasteiger partial charge is 0.321 e. The number of anilines is 1. The zero-order valence-electron chi connectivity index (χ0n) is 21.1. The summed E-state index contributed by atoms with van der Waals surface area (Å²) in [6.45, 7) is 6.66. The minimum atomic E-state index is -0.234. The lowest BCUT2D eigenvalue weighted by atomic mass is 9.78. The van der Waals surface area contributed by atoms with Gasteiger partial charge < -0.3 is 20.1 Å². The van der Waals surface area contributed by atoms with Gasteiger partial charge in [-0.1, -0.05) is 29.8 Å². The molecule has 1 spiro atoms. The number of aromatic amines is 1. The summed E-state index contributed by atoms with van der Waals surface area (Å²) in [6.07, 6.45) is 4.16. The van der Waals surface area contributed by atoms with E-state index in [1.165, 1.54) is 5.56 Å². The quantitative estimate of drug-likeness (QED) is 0.437. The van der Waals surface area contributed by atoms with E-state index in [1.807, 2.05) is 47.9 Å². The fourth-order valence-corrected chi connectivity index (χ4v) is 5.85. The van der Waals surface area contributed by atoms with Crippen molar-refractivity contribution in [1.82, 2.24) is 24.4 Å². The maximum Gasteiger partial charge on any atom is 0.321 e. The van der Waals surface area contributed by atoms with Crippen molar-refractivity contribution in [3.63, 3.8) is 0 Å². The zero-order valence-corrected chi connectivity index (χ0v) is 21.1. The van der Waals surface area contributed by atoms with Crippen LogP contribution in [0.2, 0.25) is 0 Å². The lowest BCUT2D eigenvalue weighted by molar-refractivity contribution is 0.0741. The van der Waals surface area contributed by atoms with Crippen LogP contribution in [0.1, 0.15) is 40.7 Å². The third kappa shape index (κ3) is 4.04.